The molecule has 0 saturated carbocycles. The van der Waals surface area contributed by atoms with Gasteiger partial charge in [-0.3, -0.25) is 14.9 Å². The quantitative estimate of drug-likeness (QED) is 0.521. The van der Waals surface area contributed by atoms with E-state index in [0.717, 1.165) is 0 Å². The lowest BCUT2D eigenvalue weighted by Gasteiger charge is -2.00. The van der Waals surface area contributed by atoms with Crippen LogP contribution in [0, 0.1) is 10.1 Å². The molecule has 0 bridgehead atoms. The lowest BCUT2D eigenvalue weighted by atomic mass is 10.0. The van der Waals surface area contributed by atoms with E-state index in [1.165, 1.54) is 12.1 Å². The molecule has 0 aliphatic carbocycles. The molecule has 0 aromatic heterocycles. The average molecular weight is 301 g/mol. The number of anilines is 1. The summed E-state index contributed by atoms with van der Waals surface area (Å²) < 4.78 is 0. The second-order valence-corrected chi connectivity index (χ2v) is 4.95. The minimum Gasteiger partial charge on any atom is -0.321 e. The van der Waals surface area contributed by atoms with E-state index in [1.54, 1.807) is 36.4 Å². The number of nitro benzene ring substituents is 1. The van der Waals surface area contributed by atoms with Crippen molar-refractivity contribution in [3.05, 3.63) is 68.7 Å². The highest BCUT2D eigenvalue weighted by Crippen LogP contribution is 2.35. The highest BCUT2D eigenvalue weighted by molar-refractivity contribution is 6.36. The second-order valence-electron chi connectivity index (χ2n) is 4.52. The van der Waals surface area contributed by atoms with Crippen LogP contribution >= 0.6 is 11.6 Å². The van der Waals surface area contributed by atoms with Crippen molar-refractivity contribution in [2.24, 2.45) is 0 Å². The Bertz CT molecular complexity index is 799. The van der Waals surface area contributed by atoms with Gasteiger partial charge >= 0.3 is 0 Å². The van der Waals surface area contributed by atoms with Crippen LogP contribution in [0.1, 0.15) is 11.1 Å². The maximum absolute atomic E-state index is 12.0. The molecule has 1 aliphatic heterocycles. The maximum Gasteiger partial charge on any atom is 0.276 e. The third-order valence-electron chi connectivity index (χ3n) is 3.20. The van der Waals surface area contributed by atoms with Gasteiger partial charge in [-0.15, -0.1) is 0 Å². The maximum atomic E-state index is 12.0. The fourth-order valence-electron chi connectivity index (χ4n) is 2.23. The summed E-state index contributed by atoms with van der Waals surface area (Å²) in [6.45, 7) is 0. The van der Waals surface area contributed by atoms with Crippen LogP contribution in [0.25, 0.3) is 11.6 Å². The molecule has 0 radical (unpaired) electrons. The monoisotopic (exact) mass is 300 g/mol. The largest absolute Gasteiger partial charge is 0.321 e. The van der Waals surface area contributed by atoms with Gasteiger partial charge < -0.3 is 5.32 Å². The van der Waals surface area contributed by atoms with Gasteiger partial charge in [0.05, 0.1) is 10.5 Å². The fraction of sp³-hybridized carbons (Fsp3) is 0. The van der Waals surface area contributed by atoms with Gasteiger partial charge in [-0.1, -0.05) is 23.7 Å². The van der Waals surface area contributed by atoms with Crippen molar-refractivity contribution < 1.29 is 9.72 Å². The van der Waals surface area contributed by atoms with Gasteiger partial charge in [0.2, 0.25) is 0 Å². The lowest BCUT2D eigenvalue weighted by molar-refractivity contribution is -0.385. The van der Waals surface area contributed by atoms with Crippen molar-refractivity contribution in [2.45, 2.75) is 0 Å². The van der Waals surface area contributed by atoms with Crippen LogP contribution in [-0.2, 0) is 4.79 Å². The molecule has 5 nitrogen and oxygen atoms in total. The van der Waals surface area contributed by atoms with Crippen LogP contribution in [-0.4, -0.2) is 10.8 Å². The number of amides is 1. The van der Waals surface area contributed by atoms with Crippen molar-refractivity contribution >= 4 is 40.5 Å². The van der Waals surface area contributed by atoms with Crippen molar-refractivity contribution in [2.75, 3.05) is 5.32 Å². The molecule has 3 rings (SSSR count). The van der Waals surface area contributed by atoms with Crippen molar-refractivity contribution in [3.8, 4) is 0 Å². The third-order valence-corrected chi connectivity index (χ3v) is 3.43. The third kappa shape index (κ3) is 2.39. The molecule has 1 heterocycles. The number of benzene rings is 2. The van der Waals surface area contributed by atoms with E-state index < -0.39 is 4.92 Å². The highest BCUT2D eigenvalue weighted by atomic mass is 35.5. The summed E-state index contributed by atoms with van der Waals surface area (Å²) in [4.78, 5) is 22.6. The second kappa shape index (κ2) is 5.03. The minimum atomic E-state index is -0.474. The number of hydrogen-bond donors (Lipinski definition) is 1. The molecule has 0 fully saturated rings. The zero-order valence-corrected chi connectivity index (χ0v) is 11.4. The Kier molecular flexibility index (Phi) is 3.19. The summed E-state index contributed by atoms with van der Waals surface area (Å²) in [7, 11) is 0. The first-order valence-electron chi connectivity index (χ1n) is 6.12. The standard InChI is InChI=1S/C15H9ClN2O3/c16-10-5-6-13-11(8-10)12(15(19)17-13)7-9-3-1-2-4-14(9)18(20)21/h1-8H,(H,17,19)/b12-7+. The number of nitrogens with one attached hydrogen (secondary N) is 1. The smallest absolute Gasteiger partial charge is 0.276 e. The van der Waals surface area contributed by atoms with Crippen molar-refractivity contribution in [3.63, 3.8) is 0 Å². The molecule has 2 aromatic carbocycles. The highest BCUT2D eigenvalue weighted by Gasteiger charge is 2.25. The van der Waals surface area contributed by atoms with Crippen LogP contribution in [0.2, 0.25) is 5.02 Å². The first kappa shape index (κ1) is 13.3. The average Bonchev–Trinajstić information content (AvgIpc) is 2.75. The Balaban J connectivity index is 2.16. The molecule has 6 heteroatoms. The molecule has 1 amide bonds. The molecule has 0 saturated heterocycles. The van der Waals surface area contributed by atoms with Gasteiger partial charge in [-0.25, -0.2) is 0 Å². The Hall–Kier alpha value is -2.66. The van der Waals surface area contributed by atoms with E-state index in [2.05, 4.69) is 5.32 Å². The summed E-state index contributed by atoms with van der Waals surface area (Å²) in [6, 6.07) is 11.3. The molecule has 0 atom stereocenters. The lowest BCUT2D eigenvalue weighted by Crippen LogP contribution is -2.03. The molecule has 0 spiro atoms. The van der Waals surface area contributed by atoms with Gasteiger partial charge in [0.25, 0.3) is 11.6 Å². The number of para-hydroxylation sites is 1. The molecular formula is C15H9ClN2O3. The van der Waals surface area contributed by atoms with Gasteiger partial charge in [-0.2, -0.15) is 0 Å². The summed E-state index contributed by atoms with van der Waals surface area (Å²) in [5.74, 6) is -0.301. The van der Waals surface area contributed by atoms with Crippen LogP contribution in [0.3, 0.4) is 0 Å². The Morgan fingerprint density at radius 3 is 2.71 bits per heavy atom. The normalized spacial score (nSPS) is 14.9. The van der Waals surface area contributed by atoms with E-state index in [1.807, 2.05) is 0 Å². The molecule has 1 N–H and O–H groups in total. The van der Waals surface area contributed by atoms with E-state index in [-0.39, 0.29) is 11.6 Å². The predicted molar refractivity (Wildman–Crippen MR) is 81.0 cm³/mol. The van der Waals surface area contributed by atoms with Crippen molar-refractivity contribution in [1.82, 2.24) is 0 Å². The number of rotatable bonds is 2. The van der Waals surface area contributed by atoms with Gasteiger partial charge in [0.1, 0.15) is 0 Å². The summed E-state index contributed by atoms with van der Waals surface area (Å²) >= 11 is 5.95. The number of carbonyl (C=O) groups excluding carboxylic acids is 1. The SMILES string of the molecule is O=C1Nc2ccc(Cl)cc2/C1=C\c1ccccc1[N+](=O)[O-]. The summed E-state index contributed by atoms with van der Waals surface area (Å²) in [5, 5.41) is 14.2. The van der Waals surface area contributed by atoms with Crippen LogP contribution in [0.5, 0.6) is 0 Å². The molecule has 104 valence electrons. The summed E-state index contributed by atoms with van der Waals surface area (Å²) in [6.07, 6.45) is 1.51. The number of nitro groups is 1. The number of nitrogens with zero attached hydrogens (tertiary/aromatic N) is 1. The van der Waals surface area contributed by atoms with E-state index in [0.29, 0.717) is 27.4 Å². The fourth-order valence-corrected chi connectivity index (χ4v) is 2.41. The first-order valence-corrected chi connectivity index (χ1v) is 6.50. The zero-order chi connectivity index (χ0) is 15.0. The van der Waals surface area contributed by atoms with Crippen LogP contribution < -0.4 is 5.32 Å². The number of halogens is 1. The topological polar surface area (TPSA) is 72.2 Å². The van der Waals surface area contributed by atoms with Crippen molar-refractivity contribution in [1.29, 1.82) is 0 Å². The molecule has 0 unspecified atom stereocenters. The minimum absolute atomic E-state index is 0.0479. The molecular weight excluding hydrogens is 292 g/mol. The van der Waals surface area contributed by atoms with E-state index in [9.17, 15) is 14.9 Å². The predicted octanol–water partition coefficient (Wildman–Crippen LogP) is 3.74. The van der Waals surface area contributed by atoms with E-state index >= 15 is 0 Å². The number of hydrogen-bond acceptors (Lipinski definition) is 3. The molecule has 2 aromatic rings. The number of fused-ring (bicyclic) bond motifs is 1. The Morgan fingerprint density at radius 2 is 1.95 bits per heavy atom. The van der Waals surface area contributed by atoms with Gasteiger partial charge in [0.15, 0.2) is 0 Å². The Labute approximate surface area is 125 Å². The number of carbonyl (C=O) groups is 1. The summed E-state index contributed by atoms with van der Waals surface area (Å²) in [5.41, 5.74) is 1.98. The zero-order valence-electron chi connectivity index (χ0n) is 10.7. The van der Waals surface area contributed by atoms with Gasteiger partial charge in [0, 0.05) is 27.9 Å². The Morgan fingerprint density at radius 1 is 1.19 bits per heavy atom. The van der Waals surface area contributed by atoms with Gasteiger partial charge in [-0.05, 0) is 30.3 Å². The van der Waals surface area contributed by atoms with E-state index in [4.69, 9.17) is 11.6 Å². The first-order chi connectivity index (χ1) is 10.1. The molecule has 21 heavy (non-hydrogen) atoms. The van der Waals surface area contributed by atoms with Crippen LogP contribution in [0.4, 0.5) is 11.4 Å². The molecule has 1 aliphatic rings. The van der Waals surface area contributed by atoms with Crippen LogP contribution in [0.15, 0.2) is 42.5 Å².